The number of aromatic nitrogens is 1. The fourth-order valence-electron chi connectivity index (χ4n) is 2.87. The van der Waals surface area contributed by atoms with Crippen LogP contribution in [0.3, 0.4) is 0 Å². The smallest absolute Gasteiger partial charge is 0.238 e. The lowest BCUT2D eigenvalue weighted by atomic mass is 10.2. The molecule has 122 valence electrons. The van der Waals surface area contributed by atoms with Crippen LogP contribution in [0.4, 0.5) is 5.69 Å². The van der Waals surface area contributed by atoms with Crippen molar-refractivity contribution >= 4 is 32.3 Å². The number of benzene rings is 1. The van der Waals surface area contributed by atoms with Crippen molar-refractivity contribution < 1.29 is 13.2 Å². The average molecular weight is 333 g/mol. The lowest BCUT2D eigenvalue weighted by Crippen LogP contribution is -2.38. The summed E-state index contributed by atoms with van der Waals surface area (Å²) in [6.07, 6.45) is 2.27. The third-order valence-corrected chi connectivity index (χ3v) is 5.88. The molecule has 1 fully saturated rings. The first-order valence-corrected chi connectivity index (χ1v) is 9.31. The number of fused-ring (bicyclic) bond motifs is 1. The third-order valence-electron chi connectivity index (χ3n) is 4.13. The topological polar surface area (TPSA) is 79.4 Å². The van der Waals surface area contributed by atoms with Gasteiger partial charge in [0, 0.05) is 17.6 Å². The van der Waals surface area contributed by atoms with Crippen LogP contribution in [-0.4, -0.2) is 55.3 Å². The summed E-state index contributed by atoms with van der Waals surface area (Å²) in [5, 5.41) is 3.83. The van der Waals surface area contributed by atoms with Gasteiger partial charge in [0.25, 0.3) is 0 Å². The second kappa shape index (κ2) is 6.25. The maximum Gasteiger partial charge on any atom is 0.238 e. The number of likely N-dealkylation sites (N-methyl/N-ethyl adjacent to an activating group) is 1. The number of hydrogen-bond donors (Lipinski definition) is 1. The van der Waals surface area contributed by atoms with E-state index >= 15 is 0 Å². The zero-order valence-corrected chi connectivity index (χ0v) is 13.7. The minimum absolute atomic E-state index is 0.0867. The molecule has 7 heteroatoms. The number of nitrogens with zero attached hydrogens (tertiary/aromatic N) is 2. The monoisotopic (exact) mass is 333 g/mol. The van der Waals surface area contributed by atoms with Crippen molar-refractivity contribution in [2.24, 2.45) is 0 Å². The number of para-hydroxylation sites is 1. The first-order chi connectivity index (χ1) is 10.9. The van der Waals surface area contributed by atoms with E-state index in [1.54, 1.807) is 18.1 Å². The third kappa shape index (κ3) is 3.68. The summed E-state index contributed by atoms with van der Waals surface area (Å²) in [5.41, 5.74) is 1.41. The summed E-state index contributed by atoms with van der Waals surface area (Å²) in [5.74, 6) is 0.165. The maximum absolute atomic E-state index is 12.3. The van der Waals surface area contributed by atoms with Gasteiger partial charge in [-0.05, 0) is 25.6 Å². The minimum atomic E-state index is -2.95. The van der Waals surface area contributed by atoms with Crippen LogP contribution in [0.5, 0.6) is 0 Å². The Morgan fingerprint density at radius 1 is 1.35 bits per heavy atom. The Balaban J connectivity index is 1.67. The molecular formula is C16H19N3O3S. The van der Waals surface area contributed by atoms with Crippen molar-refractivity contribution in [2.75, 3.05) is 30.4 Å². The van der Waals surface area contributed by atoms with E-state index in [1.165, 1.54) is 0 Å². The zero-order valence-electron chi connectivity index (χ0n) is 12.9. The molecule has 1 saturated heterocycles. The summed E-state index contributed by atoms with van der Waals surface area (Å²) in [7, 11) is -1.16. The van der Waals surface area contributed by atoms with Gasteiger partial charge in [-0.15, -0.1) is 0 Å². The molecule has 0 saturated carbocycles. The molecule has 1 aliphatic rings. The minimum Gasteiger partial charge on any atom is -0.323 e. The molecule has 0 spiro atoms. The van der Waals surface area contributed by atoms with Crippen LogP contribution >= 0.6 is 0 Å². The van der Waals surface area contributed by atoms with E-state index in [9.17, 15) is 13.2 Å². The molecule has 0 radical (unpaired) electrons. The highest BCUT2D eigenvalue weighted by Crippen LogP contribution is 2.21. The zero-order chi connectivity index (χ0) is 16.4. The van der Waals surface area contributed by atoms with Crippen LogP contribution in [0.25, 0.3) is 10.9 Å². The Kier molecular flexibility index (Phi) is 4.32. The molecule has 0 bridgehead atoms. The molecule has 1 amide bonds. The fraction of sp³-hybridized carbons (Fsp3) is 0.375. The molecule has 1 unspecified atom stereocenters. The normalized spacial score (nSPS) is 20.0. The van der Waals surface area contributed by atoms with Gasteiger partial charge in [0.2, 0.25) is 5.91 Å². The maximum atomic E-state index is 12.3. The van der Waals surface area contributed by atoms with Crippen LogP contribution in [0, 0.1) is 0 Å². The number of sulfone groups is 1. The van der Waals surface area contributed by atoms with Crippen molar-refractivity contribution in [2.45, 2.75) is 12.5 Å². The van der Waals surface area contributed by atoms with Gasteiger partial charge in [-0.2, -0.15) is 0 Å². The second-order valence-corrected chi connectivity index (χ2v) is 8.13. The Bertz CT molecular complexity index is 830. The number of anilines is 1. The van der Waals surface area contributed by atoms with E-state index < -0.39 is 9.84 Å². The van der Waals surface area contributed by atoms with E-state index in [1.807, 2.05) is 30.3 Å². The molecule has 6 nitrogen and oxygen atoms in total. The quantitative estimate of drug-likeness (QED) is 0.912. The Morgan fingerprint density at radius 3 is 2.87 bits per heavy atom. The molecule has 0 aliphatic carbocycles. The Labute approximate surface area is 135 Å². The van der Waals surface area contributed by atoms with Crippen molar-refractivity contribution in [3.8, 4) is 0 Å². The molecule has 3 rings (SSSR count). The number of carbonyl (C=O) groups is 1. The Morgan fingerprint density at radius 2 is 2.13 bits per heavy atom. The van der Waals surface area contributed by atoms with Gasteiger partial charge < -0.3 is 5.32 Å². The largest absolute Gasteiger partial charge is 0.323 e. The van der Waals surface area contributed by atoms with E-state index in [0.29, 0.717) is 12.1 Å². The molecule has 1 aromatic carbocycles. The summed E-state index contributed by atoms with van der Waals surface area (Å²) in [6.45, 7) is 0.156. The molecule has 23 heavy (non-hydrogen) atoms. The number of pyridine rings is 1. The second-order valence-electron chi connectivity index (χ2n) is 5.90. The van der Waals surface area contributed by atoms with Crippen LogP contribution < -0.4 is 5.32 Å². The highest BCUT2D eigenvalue weighted by Gasteiger charge is 2.31. The van der Waals surface area contributed by atoms with Crippen LogP contribution in [0.1, 0.15) is 6.42 Å². The predicted octanol–water partition coefficient (Wildman–Crippen LogP) is 1.29. The molecular weight excluding hydrogens is 314 g/mol. The molecule has 2 aromatic rings. The first kappa shape index (κ1) is 15.9. The van der Waals surface area contributed by atoms with Gasteiger partial charge in [-0.1, -0.05) is 18.2 Å². The van der Waals surface area contributed by atoms with E-state index in [2.05, 4.69) is 10.3 Å². The molecule has 1 atom stereocenters. The summed E-state index contributed by atoms with van der Waals surface area (Å²) < 4.78 is 23.1. The SMILES string of the molecule is CN(CC(=O)Nc1cccc2cccnc12)C1CCS(=O)(=O)C1. The van der Waals surface area contributed by atoms with Gasteiger partial charge in [0.1, 0.15) is 0 Å². The molecule has 2 heterocycles. The highest BCUT2D eigenvalue weighted by atomic mass is 32.2. The van der Waals surface area contributed by atoms with Crippen molar-refractivity contribution in [1.82, 2.24) is 9.88 Å². The van der Waals surface area contributed by atoms with E-state index in [-0.39, 0.29) is 30.0 Å². The van der Waals surface area contributed by atoms with Gasteiger partial charge in [0.15, 0.2) is 9.84 Å². The summed E-state index contributed by atoms with van der Waals surface area (Å²) >= 11 is 0. The van der Waals surface area contributed by atoms with Crippen LogP contribution in [-0.2, 0) is 14.6 Å². The number of amides is 1. The van der Waals surface area contributed by atoms with Crippen LogP contribution in [0.15, 0.2) is 36.5 Å². The average Bonchev–Trinajstić information content (AvgIpc) is 2.88. The number of nitrogens with one attached hydrogen (secondary N) is 1. The lowest BCUT2D eigenvalue weighted by Gasteiger charge is -2.22. The number of carbonyl (C=O) groups excluding carboxylic acids is 1. The Hall–Kier alpha value is -1.99. The van der Waals surface area contributed by atoms with Crippen molar-refractivity contribution in [1.29, 1.82) is 0 Å². The molecule has 1 aliphatic heterocycles. The summed E-state index contributed by atoms with van der Waals surface area (Å²) in [4.78, 5) is 18.4. The standard InChI is InChI=1S/C16H19N3O3S/c1-19(13-7-9-23(21,22)11-13)10-15(20)18-14-6-2-4-12-5-3-8-17-16(12)14/h2-6,8,13H,7,9-11H2,1H3,(H,18,20). The lowest BCUT2D eigenvalue weighted by molar-refractivity contribution is -0.117. The van der Waals surface area contributed by atoms with Crippen LogP contribution in [0.2, 0.25) is 0 Å². The van der Waals surface area contributed by atoms with E-state index in [0.717, 1.165) is 10.9 Å². The van der Waals surface area contributed by atoms with Crippen molar-refractivity contribution in [3.05, 3.63) is 36.5 Å². The first-order valence-electron chi connectivity index (χ1n) is 7.49. The predicted molar refractivity (Wildman–Crippen MR) is 90.1 cm³/mol. The molecule has 1 aromatic heterocycles. The van der Waals surface area contributed by atoms with Gasteiger partial charge in [-0.3, -0.25) is 14.7 Å². The number of hydrogen-bond acceptors (Lipinski definition) is 5. The van der Waals surface area contributed by atoms with Crippen molar-refractivity contribution in [3.63, 3.8) is 0 Å². The van der Waals surface area contributed by atoms with Gasteiger partial charge >= 0.3 is 0 Å². The molecule has 1 N–H and O–H groups in total. The highest BCUT2D eigenvalue weighted by molar-refractivity contribution is 7.91. The number of rotatable bonds is 4. The van der Waals surface area contributed by atoms with Gasteiger partial charge in [-0.25, -0.2) is 8.42 Å². The fourth-order valence-corrected chi connectivity index (χ4v) is 4.68. The summed E-state index contributed by atoms with van der Waals surface area (Å²) in [6, 6.07) is 9.32. The van der Waals surface area contributed by atoms with E-state index in [4.69, 9.17) is 0 Å². The van der Waals surface area contributed by atoms with Gasteiger partial charge in [0.05, 0.1) is 29.3 Å².